The summed E-state index contributed by atoms with van der Waals surface area (Å²) in [5, 5.41) is 4.85. The lowest BCUT2D eigenvalue weighted by molar-refractivity contribution is -0.131. The molecule has 1 amide bonds. The van der Waals surface area contributed by atoms with Crippen LogP contribution in [0.4, 0.5) is 11.4 Å². The van der Waals surface area contributed by atoms with Gasteiger partial charge < -0.3 is 29.6 Å². The first-order chi connectivity index (χ1) is 16.4. The van der Waals surface area contributed by atoms with Crippen LogP contribution in [0.5, 0.6) is 11.5 Å². The first-order valence-electron chi connectivity index (χ1n) is 11.0. The van der Waals surface area contributed by atoms with Gasteiger partial charge in [0, 0.05) is 42.5 Å². The number of aromatic amines is 1. The van der Waals surface area contributed by atoms with Crippen LogP contribution in [0.25, 0.3) is 11.0 Å². The van der Waals surface area contributed by atoms with Crippen molar-refractivity contribution in [3.05, 3.63) is 53.8 Å². The van der Waals surface area contributed by atoms with Crippen molar-refractivity contribution in [2.75, 3.05) is 53.3 Å². The molecular formula is C25H32ClN5O3. The molecular weight excluding hydrogens is 454 g/mol. The van der Waals surface area contributed by atoms with E-state index in [0.717, 1.165) is 40.9 Å². The van der Waals surface area contributed by atoms with E-state index in [1.54, 1.807) is 38.6 Å². The number of carbonyl (C=O) groups is 1. The summed E-state index contributed by atoms with van der Waals surface area (Å²) in [6.07, 6.45) is 5.12. The van der Waals surface area contributed by atoms with Gasteiger partial charge in [-0.15, -0.1) is 6.58 Å². The molecule has 0 aliphatic rings. The van der Waals surface area contributed by atoms with Gasteiger partial charge in [-0.3, -0.25) is 4.79 Å². The second kappa shape index (κ2) is 11.8. The Morgan fingerprint density at radius 1 is 1.21 bits per heavy atom. The molecule has 3 rings (SSSR count). The molecule has 2 aromatic heterocycles. The molecule has 0 aliphatic heterocycles. The monoisotopic (exact) mass is 485 g/mol. The molecule has 9 heteroatoms. The fourth-order valence-electron chi connectivity index (χ4n) is 3.73. The van der Waals surface area contributed by atoms with Crippen molar-refractivity contribution in [3.8, 4) is 11.5 Å². The molecule has 2 heterocycles. The van der Waals surface area contributed by atoms with Gasteiger partial charge in [-0.05, 0) is 39.1 Å². The summed E-state index contributed by atoms with van der Waals surface area (Å²) in [6, 6.07) is 7.52. The van der Waals surface area contributed by atoms with E-state index in [-0.39, 0.29) is 5.91 Å². The minimum atomic E-state index is 0.0991. The van der Waals surface area contributed by atoms with Gasteiger partial charge in [0.05, 0.1) is 37.2 Å². The second-order valence-electron chi connectivity index (χ2n) is 8.20. The maximum atomic E-state index is 12.4. The summed E-state index contributed by atoms with van der Waals surface area (Å²) in [5.74, 6) is 1.26. The van der Waals surface area contributed by atoms with Crippen LogP contribution in [-0.2, 0) is 11.2 Å². The van der Waals surface area contributed by atoms with E-state index in [2.05, 4.69) is 27.9 Å². The predicted octanol–water partition coefficient (Wildman–Crippen LogP) is 4.49. The number of aromatic nitrogens is 2. The molecule has 0 saturated heterocycles. The van der Waals surface area contributed by atoms with Gasteiger partial charge in [-0.25, -0.2) is 4.98 Å². The number of halogens is 1. The van der Waals surface area contributed by atoms with Crippen LogP contribution in [0.3, 0.4) is 0 Å². The molecule has 0 atom stereocenters. The van der Waals surface area contributed by atoms with Crippen molar-refractivity contribution in [2.24, 2.45) is 0 Å². The quantitative estimate of drug-likeness (QED) is 0.368. The summed E-state index contributed by atoms with van der Waals surface area (Å²) < 4.78 is 10.8. The van der Waals surface area contributed by atoms with Crippen LogP contribution < -0.4 is 14.8 Å². The van der Waals surface area contributed by atoms with Crippen molar-refractivity contribution in [1.29, 1.82) is 0 Å². The Bertz CT molecular complexity index is 1150. The number of anilines is 2. The minimum absolute atomic E-state index is 0.0991. The zero-order valence-electron chi connectivity index (χ0n) is 20.2. The van der Waals surface area contributed by atoms with Crippen LogP contribution in [0.15, 0.2) is 43.1 Å². The third-order valence-electron chi connectivity index (χ3n) is 5.36. The van der Waals surface area contributed by atoms with E-state index in [0.29, 0.717) is 36.2 Å². The summed E-state index contributed by atoms with van der Waals surface area (Å²) in [5.41, 5.74) is 3.45. The Balaban J connectivity index is 1.75. The number of hydrogen-bond acceptors (Lipinski definition) is 6. The molecule has 34 heavy (non-hydrogen) atoms. The van der Waals surface area contributed by atoms with Gasteiger partial charge in [-0.1, -0.05) is 17.7 Å². The Labute approximate surface area is 205 Å². The third-order valence-corrected chi connectivity index (χ3v) is 5.65. The lowest BCUT2D eigenvalue weighted by Gasteiger charge is -2.22. The highest BCUT2D eigenvalue weighted by molar-refractivity contribution is 6.32. The molecule has 3 aromatic rings. The van der Waals surface area contributed by atoms with Crippen molar-refractivity contribution < 1.29 is 14.3 Å². The summed E-state index contributed by atoms with van der Waals surface area (Å²) >= 11 is 6.24. The number of nitrogens with one attached hydrogen (secondary N) is 2. The van der Waals surface area contributed by atoms with E-state index in [4.69, 9.17) is 21.1 Å². The van der Waals surface area contributed by atoms with E-state index >= 15 is 0 Å². The molecule has 0 fully saturated rings. The zero-order valence-corrected chi connectivity index (χ0v) is 20.9. The number of methoxy groups -OCH3 is 2. The number of ether oxygens (including phenoxy) is 2. The first-order valence-corrected chi connectivity index (χ1v) is 11.4. The van der Waals surface area contributed by atoms with Gasteiger partial charge in [0.1, 0.15) is 17.1 Å². The maximum absolute atomic E-state index is 12.4. The number of pyridine rings is 1. The highest BCUT2D eigenvalue weighted by Gasteiger charge is 2.15. The third kappa shape index (κ3) is 6.21. The molecule has 0 bridgehead atoms. The number of aryl methyl sites for hydroxylation is 1. The van der Waals surface area contributed by atoms with Crippen molar-refractivity contribution in [2.45, 2.75) is 12.8 Å². The fourth-order valence-corrected chi connectivity index (χ4v) is 3.96. The Morgan fingerprint density at radius 3 is 2.65 bits per heavy atom. The zero-order chi connectivity index (χ0) is 24.7. The number of likely N-dealkylation sites (N-methyl/N-ethyl adjacent to an activating group) is 1. The standard InChI is InChI=1S/C25H32ClN5O3/c1-6-11-31(24(32)16-30(2)3)12-7-8-17-13-18-20(9-10-27-25(18)28-17)29-21-15-22(33-4)19(26)14-23(21)34-5/h6,9-10,13-15H,1,7-8,11-12,16H2,2-5H3,(H2,27,28,29). The highest BCUT2D eigenvalue weighted by Crippen LogP contribution is 2.38. The molecule has 2 N–H and O–H groups in total. The molecule has 0 radical (unpaired) electrons. The van der Waals surface area contributed by atoms with Gasteiger partial charge >= 0.3 is 0 Å². The largest absolute Gasteiger partial charge is 0.495 e. The lowest BCUT2D eigenvalue weighted by atomic mass is 10.2. The number of fused-ring (bicyclic) bond motifs is 1. The van der Waals surface area contributed by atoms with Crippen molar-refractivity contribution in [1.82, 2.24) is 19.8 Å². The minimum Gasteiger partial charge on any atom is -0.495 e. The van der Waals surface area contributed by atoms with Gasteiger partial charge in [0.15, 0.2) is 0 Å². The van der Waals surface area contributed by atoms with Crippen LogP contribution in [0, 0.1) is 0 Å². The molecule has 0 unspecified atom stereocenters. The van der Waals surface area contributed by atoms with Gasteiger partial charge in [0.2, 0.25) is 5.91 Å². The van der Waals surface area contributed by atoms with E-state index < -0.39 is 0 Å². The van der Waals surface area contributed by atoms with Gasteiger partial charge in [-0.2, -0.15) is 0 Å². The molecule has 0 aliphatic carbocycles. The van der Waals surface area contributed by atoms with Crippen LogP contribution in [-0.4, -0.2) is 73.6 Å². The Morgan fingerprint density at radius 2 is 1.97 bits per heavy atom. The first kappa shape index (κ1) is 25.4. The summed E-state index contributed by atoms with van der Waals surface area (Å²) in [7, 11) is 6.95. The average Bonchev–Trinajstić information content (AvgIpc) is 3.22. The molecule has 8 nitrogen and oxygen atoms in total. The average molecular weight is 486 g/mol. The molecule has 1 aromatic carbocycles. The van der Waals surface area contributed by atoms with E-state index in [1.807, 2.05) is 30.0 Å². The van der Waals surface area contributed by atoms with Gasteiger partial charge in [0.25, 0.3) is 0 Å². The predicted molar refractivity (Wildman–Crippen MR) is 138 cm³/mol. The molecule has 0 spiro atoms. The number of nitrogens with zero attached hydrogens (tertiary/aromatic N) is 3. The number of amides is 1. The summed E-state index contributed by atoms with van der Waals surface area (Å²) in [4.78, 5) is 24.0. The van der Waals surface area contributed by atoms with E-state index in [1.165, 1.54) is 0 Å². The topological polar surface area (TPSA) is 82.7 Å². The highest BCUT2D eigenvalue weighted by atomic mass is 35.5. The normalized spacial score (nSPS) is 11.0. The smallest absolute Gasteiger partial charge is 0.237 e. The number of carbonyl (C=O) groups excluding carboxylic acids is 1. The van der Waals surface area contributed by atoms with Crippen molar-refractivity contribution in [3.63, 3.8) is 0 Å². The van der Waals surface area contributed by atoms with E-state index in [9.17, 15) is 4.79 Å². The summed E-state index contributed by atoms with van der Waals surface area (Å²) in [6.45, 7) is 5.37. The Hall–Kier alpha value is -3.23. The maximum Gasteiger partial charge on any atom is 0.237 e. The second-order valence-corrected chi connectivity index (χ2v) is 8.60. The number of hydrogen-bond donors (Lipinski definition) is 2. The number of H-pyrrole nitrogens is 1. The van der Waals surface area contributed by atoms with Crippen LogP contribution in [0.2, 0.25) is 5.02 Å². The lowest BCUT2D eigenvalue weighted by Crippen LogP contribution is -2.38. The van der Waals surface area contributed by atoms with Crippen LogP contribution >= 0.6 is 11.6 Å². The number of rotatable bonds is 12. The van der Waals surface area contributed by atoms with Crippen molar-refractivity contribution >= 4 is 39.9 Å². The Kier molecular flexibility index (Phi) is 8.79. The molecule has 0 saturated carbocycles. The molecule has 182 valence electrons. The van der Waals surface area contributed by atoms with Crippen LogP contribution in [0.1, 0.15) is 12.1 Å². The SMILES string of the molecule is C=CCN(CCCc1cc2c(Nc3cc(OC)c(Cl)cc3OC)ccnc2[nH]1)C(=O)CN(C)C. The fraction of sp³-hybridized carbons (Fsp3) is 0.360. The number of benzene rings is 1.